The van der Waals surface area contributed by atoms with Crippen molar-refractivity contribution in [3.05, 3.63) is 87.7 Å². The lowest BCUT2D eigenvalue weighted by Crippen LogP contribution is -2.33. The number of rotatable bonds is 8. The minimum Gasteiger partial charge on any atom is -0.495 e. The fourth-order valence-corrected chi connectivity index (χ4v) is 4.14. The molecule has 3 aromatic carbocycles. The van der Waals surface area contributed by atoms with E-state index in [1.165, 1.54) is 33.3 Å². The molecule has 0 atom stereocenters. The maximum Gasteiger partial charge on any atom is 0.258 e. The zero-order chi connectivity index (χ0) is 25.8. The first-order chi connectivity index (χ1) is 17.4. The highest BCUT2D eigenvalue weighted by Gasteiger charge is 2.25. The Morgan fingerprint density at radius 2 is 1.50 bits per heavy atom. The van der Waals surface area contributed by atoms with Crippen LogP contribution in [0.4, 0.5) is 5.69 Å². The number of aromatic amines is 1. The van der Waals surface area contributed by atoms with Crippen LogP contribution in [0.1, 0.15) is 21.5 Å². The lowest BCUT2D eigenvalue weighted by molar-refractivity contribution is 0.0983. The molecule has 0 unspecified atom stereocenters. The molecule has 8 heteroatoms. The average Bonchev–Trinajstić information content (AvgIpc) is 2.90. The van der Waals surface area contributed by atoms with E-state index in [0.717, 1.165) is 16.5 Å². The van der Waals surface area contributed by atoms with E-state index < -0.39 is 0 Å². The van der Waals surface area contributed by atoms with Crippen molar-refractivity contribution in [1.82, 2.24) is 4.98 Å². The van der Waals surface area contributed by atoms with E-state index in [9.17, 15) is 9.59 Å². The normalized spacial score (nSPS) is 10.7. The second kappa shape index (κ2) is 10.4. The Hall–Kier alpha value is -4.46. The molecule has 1 heterocycles. The highest BCUT2D eigenvalue weighted by Crippen LogP contribution is 2.39. The fourth-order valence-electron chi connectivity index (χ4n) is 4.14. The van der Waals surface area contributed by atoms with Crippen molar-refractivity contribution in [3.8, 4) is 23.0 Å². The standard InChI is InChI=1S/C28H28N2O6/c1-17-10-11-21-18(12-17)13-20(27(31)29-21)16-30(22-8-6-7-9-23(22)33-2)28(32)19-14-24(34-3)26(36-5)25(15-19)35-4/h6-15H,16H2,1-5H3,(H,29,31). The minimum atomic E-state index is -0.373. The largest absolute Gasteiger partial charge is 0.495 e. The van der Waals surface area contributed by atoms with Crippen molar-refractivity contribution in [2.24, 2.45) is 0 Å². The molecule has 0 radical (unpaired) electrons. The number of nitrogens with one attached hydrogen (secondary N) is 1. The Morgan fingerprint density at radius 1 is 0.833 bits per heavy atom. The molecule has 0 saturated heterocycles. The summed E-state index contributed by atoms with van der Waals surface area (Å²) in [5, 5.41) is 0.879. The van der Waals surface area contributed by atoms with Gasteiger partial charge < -0.3 is 28.8 Å². The molecule has 4 rings (SSSR count). The Morgan fingerprint density at radius 3 is 2.14 bits per heavy atom. The van der Waals surface area contributed by atoms with E-state index in [4.69, 9.17) is 18.9 Å². The molecule has 0 saturated carbocycles. The monoisotopic (exact) mass is 488 g/mol. The zero-order valence-electron chi connectivity index (χ0n) is 20.9. The third kappa shape index (κ3) is 4.70. The number of hydrogen-bond acceptors (Lipinski definition) is 6. The molecule has 1 aromatic heterocycles. The van der Waals surface area contributed by atoms with Crippen molar-refractivity contribution in [2.45, 2.75) is 13.5 Å². The molecule has 1 N–H and O–H groups in total. The molecular weight excluding hydrogens is 460 g/mol. The van der Waals surface area contributed by atoms with Gasteiger partial charge in [-0.05, 0) is 54.8 Å². The Kier molecular flexibility index (Phi) is 7.15. The van der Waals surface area contributed by atoms with Gasteiger partial charge in [-0.2, -0.15) is 0 Å². The van der Waals surface area contributed by atoms with Gasteiger partial charge in [0.25, 0.3) is 11.5 Å². The van der Waals surface area contributed by atoms with Crippen LogP contribution in [-0.4, -0.2) is 39.3 Å². The van der Waals surface area contributed by atoms with Crippen LogP contribution in [0.2, 0.25) is 0 Å². The van der Waals surface area contributed by atoms with Crippen LogP contribution < -0.4 is 29.4 Å². The number of pyridine rings is 1. The number of ether oxygens (including phenoxy) is 4. The predicted octanol–water partition coefficient (Wildman–Crippen LogP) is 4.72. The molecule has 36 heavy (non-hydrogen) atoms. The maximum absolute atomic E-state index is 14.0. The number of aryl methyl sites for hydroxylation is 1. The number of fused-ring (bicyclic) bond motifs is 1. The van der Waals surface area contributed by atoms with Crippen molar-refractivity contribution in [3.63, 3.8) is 0 Å². The zero-order valence-corrected chi connectivity index (χ0v) is 20.9. The highest BCUT2D eigenvalue weighted by atomic mass is 16.5. The van der Waals surface area contributed by atoms with E-state index in [1.807, 2.05) is 37.3 Å². The van der Waals surface area contributed by atoms with Crippen LogP contribution in [0, 0.1) is 6.92 Å². The quantitative estimate of drug-likeness (QED) is 0.386. The maximum atomic E-state index is 14.0. The number of aromatic nitrogens is 1. The first-order valence-corrected chi connectivity index (χ1v) is 11.3. The molecule has 0 aliphatic rings. The summed E-state index contributed by atoms with van der Waals surface area (Å²) in [6.07, 6.45) is 0. The second-order valence-electron chi connectivity index (χ2n) is 8.19. The first kappa shape index (κ1) is 24.7. The second-order valence-corrected chi connectivity index (χ2v) is 8.19. The van der Waals surface area contributed by atoms with Crippen LogP contribution in [0.25, 0.3) is 10.9 Å². The summed E-state index contributed by atoms with van der Waals surface area (Å²) in [6, 6.07) is 17.9. The van der Waals surface area contributed by atoms with Crippen LogP contribution >= 0.6 is 0 Å². The number of carbonyl (C=O) groups is 1. The summed E-state index contributed by atoms with van der Waals surface area (Å²) in [4.78, 5) is 31.4. The number of methoxy groups -OCH3 is 4. The molecule has 0 bridgehead atoms. The summed E-state index contributed by atoms with van der Waals surface area (Å²) in [6.45, 7) is 1.99. The number of anilines is 1. The Balaban J connectivity index is 1.86. The number of nitrogens with zero attached hydrogens (tertiary/aromatic N) is 1. The molecule has 8 nitrogen and oxygen atoms in total. The van der Waals surface area contributed by atoms with Crippen LogP contribution in [-0.2, 0) is 6.54 Å². The van der Waals surface area contributed by atoms with Gasteiger partial charge in [0.1, 0.15) is 5.75 Å². The van der Waals surface area contributed by atoms with Gasteiger partial charge in [-0.15, -0.1) is 0 Å². The summed E-state index contributed by atoms with van der Waals surface area (Å²) in [7, 11) is 6.00. The Labute approximate surface area is 209 Å². The smallest absolute Gasteiger partial charge is 0.258 e. The highest BCUT2D eigenvalue weighted by molar-refractivity contribution is 6.07. The summed E-state index contributed by atoms with van der Waals surface area (Å²) < 4.78 is 21.8. The van der Waals surface area contributed by atoms with Gasteiger partial charge in [0.15, 0.2) is 11.5 Å². The van der Waals surface area contributed by atoms with Crippen LogP contribution in [0.3, 0.4) is 0 Å². The molecule has 0 aliphatic carbocycles. The van der Waals surface area contributed by atoms with Gasteiger partial charge in [0.05, 0.1) is 40.7 Å². The van der Waals surface area contributed by atoms with Crippen LogP contribution in [0.5, 0.6) is 23.0 Å². The van der Waals surface area contributed by atoms with Crippen molar-refractivity contribution in [2.75, 3.05) is 33.3 Å². The number of carbonyl (C=O) groups excluding carboxylic acids is 1. The number of amides is 1. The average molecular weight is 489 g/mol. The van der Waals surface area contributed by atoms with Gasteiger partial charge in [-0.1, -0.05) is 23.8 Å². The third-order valence-electron chi connectivity index (χ3n) is 5.94. The molecule has 1 amide bonds. The van der Waals surface area contributed by atoms with Gasteiger partial charge >= 0.3 is 0 Å². The van der Waals surface area contributed by atoms with Gasteiger partial charge in [0.2, 0.25) is 5.75 Å². The number of para-hydroxylation sites is 2. The Bertz CT molecular complexity index is 1450. The fraction of sp³-hybridized carbons (Fsp3) is 0.214. The number of hydrogen-bond donors (Lipinski definition) is 1. The van der Waals surface area contributed by atoms with E-state index >= 15 is 0 Å². The first-order valence-electron chi connectivity index (χ1n) is 11.3. The molecule has 186 valence electrons. The van der Waals surface area contributed by atoms with Crippen molar-refractivity contribution in [1.29, 1.82) is 0 Å². The molecule has 4 aromatic rings. The van der Waals surface area contributed by atoms with Crippen LogP contribution in [0.15, 0.2) is 65.5 Å². The van der Waals surface area contributed by atoms with E-state index in [2.05, 4.69) is 4.98 Å². The van der Waals surface area contributed by atoms with Crippen molar-refractivity contribution >= 4 is 22.5 Å². The number of H-pyrrole nitrogens is 1. The molecule has 0 spiro atoms. The molecule has 0 aliphatic heterocycles. The summed E-state index contributed by atoms with van der Waals surface area (Å²) in [5.74, 6) is 1.19. The topological polar surface area (TPSA) is 90.1 Å². The summed E-state index contributed by atoms with van der Waals surface area (Å²) in [5.41, 5.74) is 2.76. The minimum absolute atomic E-state index is 0.00901. The van der Waals surface area contributed by atoms with Gasteiger partial charge in [-0.3, -0.25) is 9.59 Å². The van der Waals surface area contributed by atoms with E-state index in [0.29, 0.717) is 39.8 Å². The third-order valence-corrected chi connectivity index (χ3v) is 5.94. The SMILES string of the molecule is COc1ccccc1N(Cc1cc2cc(C)ccc2[nH]c1=O)C(=O)c1cc(OC)c(OC)c(OC)c1. The van der Waals surface area contributed by atoms with Gasteiger partial charge in [0, 0.05) is 16.6 Å². The predicted molar refractivity (Wildman–Crippen MR) is 139 cm³/mol. The van der Waals surface area contributed by atoms with E-state index in [1.54, 1.807) is 30.3 Å². The van der Waals surface area contributed by atoms with Gasteiger partial charge in [-0.25, -0.2) is 0 Å². The van der Waals surface area contributed by atoms with Crippen molar-refractivity contribution < 1.29 is 23.7 Å². The number of benzene rings is 3. The lowest BCUT2D eigenvalue weighted by Gasteiger charge is -2.25. The lowest BCUT2D eigenvalue weighted by atomic mass is 10.1. The molecule has 0 fully saturated rings. The van der Waals surface area contributed by atoms with E-state index in [-0.39, 0.29) is 18.0 Å². The molecular formula is C28H28N2O6. The summed E-state index contributed by atoms with van der Waals surface area (Å²) >= 11 is 0.